The number of amides is 2. The van der Waals surface area contributed by atoms with Gasteiger partial charge in [-0.15, -0.1) is 0 Å². The predicted octanol–water partition coefficient (Wildman–Crippen LogP) is 4.32. The number of methoxy groups -OCH3 is 2. The lowest BCUT2D eigenvalue weighted by Gasteiger charge is -2.31. The number of anilines is 1. The number of aromatic hydroxyl groups is 2. The number of phenols is 2. The number of carbonyl (C=O) groups excluding carboxylic acids is 2. The third-order valence-corrected chi connectivity index (χ3v) is 7.09. The van der Waals surface area contributed by atoms with E-state index in [1.54, 1.807) is 32.1 Å². The molecule has 1 heterocycles. The highest BCUT2D eigenvalue weighted by atomic mass is 16.6. The summed E-state index contributed by atoms with van der Waals surface area (Å²) in [6.45, 7) is 8.94. The van der Waals surface area contributed by atoms with E-state index in [2.05, 4.69) is 5.32 Å². The van der Waals surface area contributed by atoms with E-state index in [9.17, 15) is 24.9 Å². The number of ether oxygens (including phenoxy) is 3. The lowest BCUT2D eigenvalue weighted by Crippen LogP contribution is -2.36. The monoisotopic (exact) mass is 546 g/mol. The van der Waals surface area contributed by atoms with Crippen molar-refractivity contribution in [2.24, 2.45) is 23.5 Å². The van der Waals surface area contributed by atoms with Crippen LogP contribution in [0.5, 0.6) is 11.5 Å². The Morgan fingerprint density at radius 3 is 2.31 bits per heavy atom. The molecule has 2 bridgehead atoms. The van der Waals surface area contributed by atoms with Crippen LogP contribution in [0.15, 0.2) is 47.6 Å². The van der Waals surface area contributed by atoms with Crippen LogP contribution in [-0.2, 0) is 19.0 Å². The largest absolute Gasteiger partial charge is 0.508 e. The van der Waals surface area contributed by atoms with Gasteiger partial charge in [0.05, 0.1) is 24.0 Å². The molecular weight excluding hydrogens is 504 g/mol. The summed E-state index contributed by atoms with van der Waals surface area (Å²) in [6.07, 6.45) is 3.31. The maximum Gasteiger partial charge on any atom is 0.405 e. The first-order valence-electron chi connectivity index (χ1n) is 12.9. The SMILES string of the molecule is CO[C@@H]1C[C@H](C)[C@@H](OC)c2cc(O)cc(c2O)NC(=O)C(C)=CC=C[C@H](C)[C@@H](OC(N)=O)C(C)=C[C@H](C)[C@H]1O. The maximum atomic E-state index is 12.9. The summed E-state index contributed by atoms with van der Waals surface area (Å²) in [5, 5.41) is 35.2. The molecule has 0 unspecified atom stereocenters. The highest BCUT2D eigenvalue weighted by Gasteiger charge is 2.32. The van der Waals surface area contributed by atoms with Gasteiger partial charge in [0, 0.05) is 43.3 Å². The van der Waals surface area contributed by atoms with Gasteiger partial charge in [0.2, 0.25) is 0 Å². The Kier molecular flexibility index (Phi) is 11.6. The summed E-state index contributed by atoms with van der Waals surface area (Å²) in [5.74, 6) is -1.87. The van der Waals surface area contributed by atoms with E-state index < -0.39 is 36.4 Å². The van der Waals surface area contributed by atoms with Gasteiger partial charge in [-0.05, 0) is 37.8 Å². The third kappa shape index (κ3) is 8.32. The molecule has 0 aliphatic carbocycles. The van der Waals surface area contributed by atoms with E-state index in [1.165, 1.54) is 26.4 Å². The van der Waals surface area contributed by atoms with Gasteiger partial charge in [-0.1, -0.05) is 45.1 Å². The van der Waals surface area contributed by atoms with Gasteiger partial charge >= 0.3 is 6.09 Å². The molecule has 1 aliphatic heterocycles. The molecule has 1 aliphatic rings. The van der Waals surface area contributed by atoms with Gasteiger partial charge in [0.25, 0.3) is 5.91 Å². The summed E-state index contributed by atoms with van der Waals surface area (Å²) in [6, 6.07) is 2.64. The van der Waals surface area contributed by atoms with Gasteiger partial charge in [0.1, 0.15) is 17.6 Å². The Hall–Kier alpha value is -3.34. The first-order valence-corrected chi connectivity index (χ1v) is 12.9. The molecule has 10 heteroatoms. The van der Waals surface area contributed by atoms with Crippen LogP contribution < -0.4 is 11.1 Å². The zero-order chi connectivity index (χ0) is 29.4. The first-order chi connectivity index (χ1) is 18.3. The van der Waals surface area contributed by atoms with Gasteiger partial charge in [-0.2, -0.15) is 0 Å². The van der Waals surface area contributed by atoms with Crippen molar-refractivity contribution in [3.05, 3.63) is 53.1 Å². The third-order valence-electron chi connectivity index (χ3n) is 7.09. The minimum atomic E-state index is -0.926. The van der Waals surface area contributed by atoms with Crippen LogP contribution in [0.2, 0.25) is 0 Å². The molecule has 7 atom stereocenters. The van der Waals surface area contributed by atoms with Crippen molar-refractivity contribution < 1.29 is 39.1 Å². The van der Waals surface area contributed by atoms with Crippen molar-refractivity contribution in [3.8, 4) is 11.5 Å². The number of rotatable bonds is 3. The summed E-state index contributed by atoms with van der Waals surface area (Å²) in [4.78, 5) is 24.5. The molecule has 2 rings (SSSR count). The number of nitrogens with one attached hydrogen (secondary N) is 1. The number of hydrogen-bond donors (Lipinski definition) is 5. The number of carbonyl (C=O) groups is 2. The fraction of sp³-hybridized carbons (Fsp3) is 0.517. The van der Waals surface area contributed by atoms with Crippen LogP contribution in [0, 0.1) is 17.8 Å². The topological polar surface area (TPSA) is 161 Å². The van der Waals surface area contributed by atoms with Crippen LogP contribution in [0.4, 0.5) is 10.5 Å². The normalized spacial score (nSPS) is 29.2. The van der Waals surface area contributed by atoms with Crippen molar-refractivity contribution in [2.75, 3.05) is 19.5 Å². The molecule has 6 N–H and O–H groups in total. The van der Waals surface area contributed by atoms with Gasteiger partial charge in [0.15, 0.2) is 0 Å². The number of aliphatic hydroxyl groups excluding tert-OH is 1. The van der Waals surface area contributed by atoms with Crippen molar-refractivity contribution in [3.63, 3.8) is 0 Å². The molecule has 0 spiro atoms. The van der Waals surface area contributed by atoms with E-state index >= 15 is 0 Å². The number of primary amides is 1. The van der Waals surface area contributed by atoms with Crippen molar-refractivity contribution >= 4 is 17.7 Å². The molecule has 39 heavy (non-hydrogen) atoms. The summed E-state index contributed by atoms with van der Waals surface area (Å²) in [7, 11) is 2.98. The smallest absolute Gasteiger partial charge is 0.405 e. The Morgan fingerprint density at radius 1 is 1.05 bits per heavy atom. The molecule has 1 aromatic carbocycles. The number of aliphatic hydroxyl groups is 1. The Balaban J connectivity index is 2.64. The molecule has 10 nitrogen and oxygen atoms in total. The molecule has 0 aromatic heterocycles. The number of phenolic OH excluding ortho intramolecular Hbond substituents is 2. The number of allylic oxidation sites excluding steroid dienone is 2. The molecule has 216 valence electrons. The molecule has 0 saturated carbocycles. The zero-order valence-corrected chi connectivity index (χ0v) is 23.7. The van der Waals surface area contributed by atoms with Crippen LogP contribution in [0.3, 0.4) is 0 Å². The minimum Gasteiger partial charge on any atom is -0.508 e. The van der Waals surface area contributed by atoms with E-state index in [1.807, 2.05) is 26.8 Å². The summed E-state index contributed by atoms with van der Waals surface area (Å²) >= 11 is 0. The van der Waals surface area contributed by atoms with Crippen molar-refractivity contribution in [2.45, 2.75) is 65.5 Å². The molecule has 0 radical (unpaired) electrons. The van der Waals surface area contributed by atoms with E-state index in [4.69, 9.17) is 19.9 Å². The van der Waals surface area contributed by atoms with Crippen LogP contribution in [-0.4, -0.2) is 59.9 Å². The second-order valence-electron chi connectivity index (χ2n) is 10.2. The number of hydrogen-bond acceptors (Lipinski definition) is 8. The quantitative estimate of drug-likeness (QED) is 0.213. The standard InChI is InChI=1S/C29H42N2O8/c1-15-9-8-10-16(2)28(35)31-22-14-20(32)13-21(25(22)34)27(38-7)19(5)12-23(37-6)24(33)17(3)11-18(4)26(15)39-29(30)36/h8-11,13-15,17,19,23-24,26-27,32-34H,12H2,1-7H3,(H2,30,36)(H,31,35)/t15-,17-,19-,23+,24+,26+,27+/m0/s1. The lowest BCUT2D eigenvalue weighted by molar-refractivity contribution is -0.112. The van der Waals surface area contributed by atoms with Gasteiger partial charge in [-0.25, -0.2) is 4.79 Å². The summed E-state index contributed by atoms with van der Waals surface area (Å²) in [5.41, 5.74) is 6.67. The Bertz CT molecular complexity index is 1110. The molecule has 1 aromatic rings. The van der Waals surface area contributed by atoms with Crippen LogP contribution in [0.1, 0.15) is 52.7 Å². The molecular formula is C29H42N2O8. The average Bonchev–Trinajstić information content (AvgIpc) is 2.87. The average molecular weight is 547 g/mol. The van der Waals surface area contributed by atoms with Crippen LogP contribution in [0.25, 0.3) is 0 Å². The molecule has 0 fully saturated rings. The Morgan fingerprint density at radius 2 is 1.72 bits per heavy atom. The number of fused-ring (bicyclic) bond motifs is 2. The summed E-state index contributed by atoms with van der Waals surface area (Å²) < 4.78 is 16.7. The van der Waals surface area contributed by atoms with Crippen LogP contribution >= 0.6 is 0 Å². The highest BCUT2D eigenvalue weighted by molar-refractivity contribution is 6.04. The van der Waals surface area contributed by atoms with E-state index in [0.29, 0.717) is 17.6 Å². The molecule has 0 saturated heterocycles. The fourth-order valence-corrected chi connectivity index (χ4v) is 4.94. The molecule has 2 amide bonds. The highest BCUT2D eigenvalue weighted by Crippen LogP contribution is 2.41. The fourth-order valence-electron chi connectivity index (χ4n) is 4.94. The second kappa shape index (κ2) is 14.2. The Labute approximate surface area is 230 Å². The van der Waals surface area contributed by atoms with Crippen molar-refractivity contribution in [1.82, 2.24) is 0 Å². The second-order valence-corrected chi connectivity index (χ2v) is 10.2. The van der Waals surface area contributed by atoms with E-state index in [-0.39, 0.29) is 40.5 Å². The predicted molar refractivity (Wildman–Crippen MR) is 148 cm³/mol. The zero-order valence-electron chi connectivity index (χ0n) is 23.7. The minimum absolute atomic E-state index is 0.0268. The first kappa shape index (κ1) is 31.9. The maximum absolute atomic E-state index is 12.9. The number of benzene rings is 1. The number of nitrogens with two attached hydrogens (primary N) is 1. The van der Waals surface area contributed by atoms with Gasteiger partial charge in [-0.3, -0.25) is 4.79 Å². The lowest BCUT2D eigenvalue weighted by atomic mass is 9.86. The van der Waals surface area contributed by atoms with Gasteiger partial charge < -0.3 is 40.6 Å². The van der Waals surface area contributed by atoms with Crippen molar-refractivity contribution in [1.29, 1.82) is 0 Å². The van der Waals surface area contributed by atoms with E-state index in [0.717, 1.165) is 0 Å².